The van der Waals surface area contributed by atoms with Crippen LogP contribution in [0.15, 0.2) is 30.5 Å². The molecule has 32 heavy (non-hydrogen) atoms. The molecule has 1 aromatic carbocycles. The van der Waals surface area contributed by atoms with Crippen molar-refractivity contribution in [2.24, 2.45) is 0 Å². The Hall–Kier alpha value is -3.07. The summed E-state index contributed by atoms with van der Waals surface area (Å²) >= 11 is 0. The fourth-order valence-corrected chi connectivity index (χ4v) is 4.45. The van der Waals surface area contributed by atoms with Crippen molar-refractivity contribution in [1.29, 1.82) is 0 Å². The lowest BCUT2D eigenvalue weighted by Crippen LogP contribution is -2.22. The molecular weight excluding hydrogens is 416 g/mol. The number of halogens is 2. The summed E-state index contributed by atoms with van der Waals surface area (Å²) in [6, 6.07) is 6.57. The van der Waals surface area contributed by atoms with Crippen molar-refractivity contribution < 1.29 is 18.3 Å². The zero-order valence-corrected chi connectivity index (χ0v) is 18.2. The Balaban J connectivity index is 1.49. The van der Waals surface area contributed by atoms with Crippen molar-refractivity contribution in [2.75, 3.05) is 37.0 Å². The first-order valence-corrected chi connectivity index (χ1v) is 10.7. The Kier molecular flexibility index (Phi) is 5.08. The van der Waals surface area contributed by atoms with Gasteiger partial charge in [0, 0.05) is 31.1 Å². The number of hydrogen-bond donors (Lipinski definition) is 1. The summed E-state index contributed by atoms with van der Waals surface area (Å²) in [6.07, 6.45) is 3.02. The number of hydrogen-bond acceptors (Lipinski definition) is 7. The molecule has 2 aromatic heterocycles. The fourth-order valence-electron chi connectivity index (χ4n) is 4.45. The maximum absolute atomic E-state index is 14.1. The normalized spacial score (nSPS) is 20.3. The van der Waals surface area contributed by atoms with E-state index in [1.807, 2.05) is 20.0 Å². The lowest BCUT2D eigenvalue weighted by Gasteiger charge is -2.21. The number of aryl methyl sites for hydroxylation is 1. The number of methoxy groups -OCH3 is 1. The molecule has 9 heteroatoms. The number of pyridine rings is 1. The van der Waals surface area contributed by atoms with Gasteiger partial charge in [0.2, 0.25) is 0 Å². The summed E-state index contributed by atoms with van der Waals surface area (Å²) in [5, 5.41) is 12.8. The van der Waals surface area contributed by atoms with Crippen LogP contribution in [0.3, 0.4) is 0 Å². The molecule has 2 atom stereocenters. The van der Waals surface area contributed by atoms with E-state index < -0.39 is 12.5 Å². The van der Waals surface area contributed by atoms with Gasteiger partial charge in [-0.15, -0.1) is 5.10 Å². The summed E-state index contributed by atoms with van der Waals surface area (Å²) in [5.74, 6) is -2.18. The van der Waals surface area contributed by atoms with E-state index in [9.17, 15) is 8.78 Å². The molecule has 0 amide bonds. The second-order valence-corrected chi connectivity index (χ2v) is 8.40. The molecule has 0 spiro atoms. The lowest BCUT2D eigenvalue weighted by atomic mass is 10.0. The van der Waals surface area contributed by atoms with Crippen LogP contribution in [0.1, 0.15) is 36.2 Å². The van der Waals surface area contributed by atoms with E-state index in [0.717, 1.165) is 41.8 Å². The molecule has 0 unspecified atom stereocenters. The highest BCUT2D eigenvalue weighted by Gasteiger charge is 2.42. The van der Waals surface area contributed by atoms with Gasteiger partial charge in [0.15, 0.2) is 12.4 Å². The average Bonchev–Trinajstić information content (AvgIpc) is 3.40. The maximum atomic E-state index is 14.1. The van der Waals surface area contributed by atoms with Crippen LogP contribution in [0.2, 0.25) is 0 Å². The highest BCUT2D eigenvalue weighted by Crippen LogP contribution is 2.45. The van der Waals surface area contributed by atoms with E-state index in [1.165, 1.54) is 6.07 Å². The molecule has 0 saturated carbocycles. The van der Waals surface area contributed by atoms with Gasteiger partial charge < -0.3 is 19.7 Å². The van der Waals surface area contributed by atoms with Crippen LogP contribution in [0.5, 0.6) is 5.75 Å². The molecule has 1 N–H and O–H groups in total. The van der Waals surface area contributed by atoms with Gasteiger partial charge in [0.05, 0.1) is 40.8 Å². The number of aromatic nitrogens is 3. The molecule has 0 aliphatic carbocycles. The van der Waals surface area contributed by atoms with Crippen LogP contribution < -0.4 is 15.0 Å². The third-order valence-corrected chi connectivity index (χ3v) is 6.27. The Morgan fingerprint density at radius 2 is 2.16 bits per heavy atom. The Morgan fingerprint density at radius 1 is 1.31 bits per heavy atom. The zero-order chi connectivity index (χ0) is 22.5. The predicted molar refractivity (Wildman–Crippen MR) is 118 cm³/mol. The molecule has 0 radical (unpaired) electrons. The van der Waals surface area contributed by atoms with Crippen LogP contribution in [0.25, 0.3) is 10.9 Å². The standard InChI is InChI=1S/C23H25F2N5O2/c1-13(17-5-4-6-19-21(17)32-12-23(19,24)25)27-22-18-9-15(30-8-7-16(11-30)31-3)10-26-20(18)14(2)28-29-22/h4-6,9-10,13,16H,7-8,11-12H2,1-3H3,(H,27,29)/t13-,16+/m1/s1. The van der Waals surface area contributed by atoms with Crippen LogP contribution >= 0.6 is 0 Å². The smallest absolute Gasteiger partial charge is 0.310 e. The van der Waals surface area contributed by atoms with E-state index in [2.05, 4.69) is 31.5 Å². The molecule has 2 aliphatic heterocycles. The van der Waals surface area contributed by atoms with Crippen LogP contribution in [0, 0.1) is 6.92 Å². The number of nitrogens with zero attached hydrogens (tertiary/aromatic N) is 4. The molecule has 2 aliphatic rings. The first-order valence-electron chi connectivity index (χ1n) is 10.7. The number of benzene rings is 1. The number of anilines is 2. The second-order valence-electron chi connectivity index (χ2n) is 8.40. The third kappa shape index (κ3) is 3.50. The van der Waals surface area contributed by atoms with Gasteiger partial charge in [-0.25, -0.2) is 0 Å². The van der Waals surface area contributed by atoms with Gasteiger partial charge >= 0.3 is 5.92 Å². The quantitative estimate of drug-likeness (QED) is 0.636. The number of fused-ring (bicyclic) bond motifs is 2. The Labute approximate surface area is 184 Å². The van der Waals surface area contributed by atoms with Gasteiger partial charge in [0.1, 0.15) is 5.75 Å². The fraction of sp³-hybridized carbons (Fsp3) is 0.435. The number of rotatable bonds is 5. The molecule has 1 fully saturated rings. The predicted octanol–water partition coefficient (Wildman–Crippen LogP) is 4.22. The van der Waals surface area contributed by atoms with Gasteiger partial charge in [-0.1, -0.05) is 12.1 Å². The summed E-state index contributed by atoms with van der Waals surface area (Å²) in [4.78, 5) is 6.88. The van der Waals surface area contributed by atoms with E-state index in [4.69, 9.17) is 9.47 Å². The van der Waals surface area contributed by atoms with Gasteiger partial charge in [-0.3, -0.25) is 4.98 Å². The molecule has 7 nitrogen and oxygen atoms in total. The summed E-state index contributed by atoms with van der Waals surface area (Å²) in [5.41, 5.74) is 3.05. The maximum Gasteiger partial charge on any atom is 0.310 e. The van der Waals surface area contributed by atoms with Crippen LogP contribution in [-0.4, -0.2) is 48.1 Å². The van der Waals surface area contributed by atoms with E-state index in [1.54, 1.807) is 19.2 Å². The topological polar surface area (TPSA) is 72.4 Å². The van der Waals surface area contributed by atoms with Gasteiger partial charge in [0.25, 0.3) is 0 Å². The Bertz CT molecular complexity index is 1170. The number of para-hydroxylation sites is 1. The number of nitrogens with one attached hydrogen (secondary N) is 1. The van der Waals surface area contributed by atoms with Crippen molar-refractivity contribution in [1.82, 2.24) is 15.2 Å². The molecular formula is C23H25F2N5O2. The molecule has 168 valence electrons. The van der Waals surface area contributed by atoms with Crippen molar-refractivity contribution in [2.45, 2.75) is 38.3 Å². The molecule has 4 heterocycles. The molecule has 3 aromatic rings. The second kappa shape index (κ2) is 7.81. The van der Waals surface area contributed by atoms with Crippen LogP contribution in [-0.2, 0) is 10.7 Å². The van der Waals surface area contributed by atoms with E-state index in [-0.39, 0.29) is 23.5 Å². The van der Waals surface area contributed by atoms with Gasteiger partial charge in [-0.05, 0) is 32.4 Å². The first kappa shape index (κ1) is 20.8. The van der Waals surface area contributed by atoms with Gasteiger partial charge in [-0.2, -0.15) is 13.9 Å². The zero-order valence-electron chi connectivity index (χ0n) is 18.2. The molecule has 0 bridgehead atoms. The summed E-state index contributed by atoms with van der Waals surface area (Å²) in [7, 11) is 1.73. The minimum Gasteiger partial charge on any atom is -0.486 e. The highest BCUT2D eigenvalue weighted by atomic mass is 19.3. The minimum atomic E-state index is -2.98. The molecule has 5 rings (SSSR count). The van der Waals surface area contributed by atoms with Crippen molar-refractivity contribution in [3.63, 3.8) is 0 Å². The SMILES string of the molecule is CO[C@H]1CCN(c2cnc3c(C)nnc(N[C@H](C)c4cccc5c4OCC5(F)F)c3c2)C1. The molecule has 1 saturated heterocycles. The van der Waals surface area contributed by atoms with Crippen molar-refractivity contribution in [3.8, 4) is 5.75 Å². The highest BCUT2D eigenvalue weighted by molar-refractivity contribution is 5.92. The van der Waals surface area contributed by atoms with Crippen molar-refractivity contribution in [3.05, 3.63) is 47.3 Å². The number of ether oxygens (including phenoxy) is 2. The van der Waals surface area contributed by atoms with Crippen molar-refractivity contribution >= 4 is 22.4 Å². The largest absolute Gasteiger partial charge is 0.486 e. The minimum absolute atomic E-state index is 0.0748. The average molecular weight is 441 g/mol. The summed E-state index contributed by atoms with van der Waals surface area (Å²) in [6.45, 7) is 4.83. The summed E-state index contributed by atoms with van der Waals surface area (Å²) < 4.78 is 39.1. The first-order chi connectivity index (χ1) is 15.4. The number of alkyl halides is 2. The lowest BCUT2D eigenvalue weighted by molar-refractivity contribution is -0.0214. The van der Waals surface area contributed by atoms with E-state index >= 15 is 0 Å². The third-order valence-electron chi connectivity index (χ3n) is 6.27. The monoisotopic (exact) mass is 441 g/mol. The van der Waals surface area contributed by atoms with Crippen LogP contribution in [0.4, 0.5) is 20.3 Å². The Morgan fingerprint density at radius 3 is 2.94 bits per heavy atom. The van der Waals surface area contributed by atoms with E-state index in [0.29, 0.717) is 11.4 Å².